The Morgan fingerprint density at radius 1 is 1.07 bits per heavy atom. The predicted octanol–water partition coefficient (Wildman–Crippen LogP) is 3.66. The molecule has 1 saturated heterocycles. The average Bonchev–Trinajstić information content (AvgIpc) is 3.36. The summed E-state index contributed by atoms with van der Waals surface area (Å²) < 4.78 is 0. The number of nitrogens with one attached hydrogen (secondary N) is 1. The van der Waals surface area contributed by atoms with Gasteiger partial charge < -0.3 is 15.6 Å². The van der Waals surface area contributed by atoms with Gasteiger partial charge in [0.1, 0.15) is 0 Å². The first-order valence-corrected chi connectivity index (χ1v) is 9.34. The number of H-pyrrole nitrogens is 1. The van der Waals surface area contributed by atoms with Crippen LogP contribution in [0, 0.1) is 0 Å². The van der Waals surface area contributed by atoms with E-state index in [2.05, 4.69) is 4.98 Å². The molecule has 1 aromatic heterocycles. The third kappa shape index (κ3) is 3.21. The molecule has 2 amide bonds. The molecule has 4 rings (SSSR count). The van der Waals surface area contributed by atoms with Gasteiger partial charge in [0, 0.05) is 41.3 Å². The van der Waals surface area contributed by atoms with Gasteiger partial charge in [-0.1, -0.05) is 24.3 Å². The zero-order valence-electron chi connectivity index (χ0n) is 15.4. The molecular weight excluding hydrogens is 338 g/mol. The van der Waals surface area contributed by atoms with Crippen LogP contribution in [0.2, 0.25) is 0 Å². The number of nitrogens with zero attached hydrogens (tertiary/aromatic N) is 1. The first-order valence-electron chi connectivity index (χ1n) is 9.34. The molecule has 3 N–H and O–H groups in total. The van der Waals surface area contributed by atoms with Crippen LogP contribution in [0.1, 0.15) is 41.6 Å². The molecule has 0 bridgehead atoms. The molecule has 1 aliphatic heterocycles. The van der Waals surface area contributed by atoms with Gasteiger partial charge in [0.2, 0.25) is 5.91 Å². The lowest BCUT2D eigenvalue weighted by Crippen LogP contribution is -2.27. The Hall–Kier alpha value is -3.08. The minimum absolute atomic E-state index is 0.104. The summed E-state index contributed by atoms with van der Waals surface area (Å²) in [6.45, 7) is 3.49. The summed E-state index contributed by atoms with van der Waals surface area (Å²) in [5, 5.41) is 1.02. The first kappa shape index (κ1) is 17.3. The Balaban J connectivity index is 1.68. The highest BCUT2D eigenvalue weighted by molar-refractivity contribution is 6.02. The summed E-state index contributed by atoms with van der Waals surface area (Å²) in [7, 11) is 0. The highest BCUT2D eigenvalue weighted by Gasteiger charge is 2.20. The smallest absolute Gasteiger partial charge is 0.253 e. The lowest BCUT2D eigenvalue weighted by molar-refractivity contribution is -0.119. The SMILES string of the molecule is CC(C(N)=O)c1ccc(-c2c[nH]c3ccc(C(=O)N4CCCC4)cc23)cc1. The molecule has 2 heterocycles. The maximum absolute atomic E-state index is 12.7. The van der Waals surface area contributed by atoms with E-state index >= 15 is 0 Å². The van der Waals surface area contributed by atoms with Crippen molar-refractivity contribution in [3.05, 3.63) is 59.8 Å². The monoisotopic (exact) mass is 361 g/mol. The van der Waals surface area contributed by atoms with E-state index in [1.54, 1.807) is 6.92 Å². The molecule has 27 heavy (non-hydrogen) atoms. The second-order valence-corrected chi connectivity index (χ2v) is 7.21. The molecule has 2 aromatic carbocycles. The Kier molecular flexibility index (Phi) is 4.44. The lowest BCUT2D eigenvalue weighted by Gasteiger charge is -2.15. The van der Waals surface area contributed by atoms with Crippen molar-refractivity contribution in [1.29, 1.82) is 0 Å². The summed E-state index contributed by atoms with van der Waals surface area (Å²) in [4.78, 5) is 29.3. The van der Waals surface area contributed by atoms with Gasteiger partial charge in [-0.25, -0.2) is 0 Å². The van der Waals surface area contributed by atoms with Crippen LogP contribution in [-0.4, -0.2) is 34.8 Å². The highest BCUT2D eigenvalue weighted by atomic mass is 16.2. The minimum atomic E-state index is -0.333. The second kappa shape index (κ2) is 6.91. The molecule has 1 aliphatic rings. The van der Waals surface area contributed by atoms with Crippen molar-refractivity contribution >= 4 is 22.7 Å². The van der Waals surface area contributed by atoms with E-state index in [4.69, 9.17) is 5.73 Å². The normalized spacial score (nSPS) is 15.2. The predicted molar refractivity (Wildman–Crippen MR) is 106 cm³/mol. The molecule has 0 saturated carbocycles. The third-order valence-corrected chi connectivity index (χ3v) is 5.47. The number of nitrogens with two attached hydrogens (primary N) is 1. The van der Waals surface area contributed by atoms with Crippen LogP contribution in [0.3, 0.4) is 0 Å². The number of carbonyl (C=O) groups excluding carboxylic acids is 2. The molecule has 0 spiro atoms. The van der Waals surface area contributed by atoms with Gasteiger partial charge in [-0.2, -0.15) is 0 Å². The van der Waals surface area contributed by atoms with Gasteiger partial charge in [-0.05, 0) is 49.1 Å². The third-order valence-electron chi connectivity index (χ3n) is 5.47. The number of fused-ring (bicyclic) bond motifs is 1. The van der Waals surface area contributed by atoms with Crippen molar-refractivity contribution in [2.75, 3.05) is 13.1 Å². The molecule has 0 radical (unpaired) electrons. The number of benzene rings is 2. The first-order chi connectivity index (χ1) is 13.0. The largest absolute Gasteiger partial charge is 0.369 e. The van der Waals surface area contributed by atoms with Crippen LogP contribution in [0.4, 0.5) is 0 Å². The molecule has 3 aromatic rings. The van der Waals surface area contributed by atoms with Crippen LogP contribution < -0.4 is 5.73 Å². The summed E-state index contributed by atoms with van der Waals surface area (Å²) in [6.07, 6.45) is 4.13. The van der Waals surface area contributed by atoms with E-state index in [1.807, 2.05) is 53.6 Å². The fourth-order valence-corrected chi connectivity index (χ4v) is 3.71. The molecule has 1 unspecified atom stereocenters. The van der Waals surface area contributed by atoms with E-state index in [1.165, 1.54) is 0 Å². The second-order valence-electron chi connectivity index (χ2n) is 7.21. The zero-order chi connectivity index (χ0) is 19.0. The molecule has 0 aliphatic carbocycles. The number of aromatic amines is 1. The Bertz CT molecular complexity index is 998. The maximum atomic E-state index is 12.7. The number of rotatable bonds is 4. The van der Waals surface area contributed by atoms with Crippen LogP contribution in [-0.2, 0) is 4.79 Å². The Morgan fingerprint density at radius 2 is 1.78 bits per heavy atom. The Labute approximate surface area is 158 Å². The van der Waals surface area contributed by atoms with E-state index in [0.717, 1.165) is 59.1 Å². The number of amides is 2. The standard InChI is InChI=1S/C22H23N3O2/c1-14(21(23)26)15-4-6-16(7-5-15)19-13-24-20-9-8-17(12-18(19)20)22(27)25-10-2-3-11-25/h4-9,12-14,24H,2-3,10-11H2,1H3,(H2,23,26). The van der Waals surface area contributed by atoms with Crippen LogP contribution in [0.5, 0.6) is 0 Å². The summed E-state index contributed by atoms with van der Waals surface area (Å²) >= 11 is 0. The van der Waals surface area contributed by atoms with Crippen molar-refractivity contribution in [3.8, 4) is 11.1 Å². The number of primary amides is 1. The number of hydrogen-bond acceptors (Lipinski definition) is 2. The molecule has 1 fully saturated rings. The van der Waals surface area contributed by atoms with Gasteiger partial charge in [0.05, 0.1) is 5.92 Å². The molecular formula is C22H23N3O2. The lowest BCUT2D eigenvalue weighted by atomic mass is 9.96. The van der Waals surface area contributed by atoms with E-state index in [-0.39, 0.29) is 17.7 Å². The maximum Gasteiger partial charge on any atom is 0.253 e. The van der Waals surface area contributed by atoms with Gasteiger partial charge in [-0.15, -0.1) is 0 Å². The number of hydrogen-bond donors (Lipinski definition) is 2. The number of aromatic nitrogens is 1. The quantitative estimate of drug-likeness (QED) is 0.744. The van der Waals surface area contributed by atoms with Crippen LogP contribution in [0.15, 0.2) is 48.7 Å². The molecule has 5 nitrogen and oxygen atoms in total. The van der Waals surface area contributed by atoms with E-state index in [0.29, 0.717) is 0 Å². The van der Waals surface area contributed by atoms with Gasteiger partial charge in [0.15, 0.2) is 0 Å². The number of carbonyl (C=O) groups is 2. The van der Waals surface area contributed by atoms with E-state index in [9.17, 15) is 9.59 Å². The molecule has 1 atom stereocenters. The zero-order valence-corrected chi connectivity index (χ0v) is 15.4. The molecule has 5 heteroatoms. The highest BCUT2D eigenvalue weighted by Crippen LogP contribution is 2.31. The van der Waals surface area contributed by atoms with Crippen molar-refractivity contribution in [3.63, 3.8) is 0 Å². The van der Waals surface area contributed by atoms with Crippen molar-refractivity contribution < 1.29 is 9.59 Å². The van der Waals surface area contributed by atoms with Crippen molar-refractivity contribution in [1.82, 2.24) is 9.88 Å². The number of likely N-dealkylation sites (tertiary alicyclic amines) is 1. The summed E-state index contributed by atoms with van der Waals surface area (Å²) in [5.41, 5.74) is 10.1. The Morgan fingerprint density at radius 3 is 2.44 bits per heavy atom. The summed E-state index contributed by atoms with van der Waals surface area (Å²) in [5.74, 6) is -0.543. The molecule has 138 valence electrons. The topological polar surface area (TPSA) is 79.2 Å². The van der Waals surface area contributed by atoms with Crippen molar-refractivity contribution in [2.45, 2.75) is 25.7 Å². The fourth-order valence-electron chi connectivity index (χ4n) is 3.71. The average molecular weight is 361 g/mol. The van der Waals surface area contributed by atoms with Gasteiger partial charge >= 0.3 is 0 Å². The fraction of sp³-hybridized carbons (Fsp3) is 0.273. The van der Waals surface area contributed by atoms with Gasteiger partial charge in [-0.3, -0.25) is 9.59 Å². The minimum Gasteiger partial charge on any atom is -0.369 e. The summed E-state index contributed by atoms with van der Waals surface area (Å²) in [6, 6.07) is 13.7. The van der Waals surface area contributed by atoms with E-state index < -0.39 is 0 Å². The van der Waals surface area contributed by atoms with Gasteiger partial charge in [0.25, 0.3) is 5.91 Å². The van der Waals surface area contributed by atoms with Crippen molar-refractivity contribution in [2.24, 2.45) is 5.73 Å². The van der Waals surface area contributed by atoms with Crippen LogP contribution >= 0.6 is 0 Å². The van der Waals surface area contributed by atoms with Crippen LogP contribution in [0.25, 0.3) is 22.0 Å².